The van der Waals surface area contributed by atoms with Gasteiger partial charge in [0.25, 0.3) is 0 Å². The first-order chi connectivity index (χ1) is 13.9. The van der Waals surface area contributed by atoms with Crippen LogP contribution in [0.5, 0.6) is 0 Å². The summed E-state index contributed by atoms with van der Waals surface area (Å²) in [7, 11) is 0. The first kappa shape index (κ1) is 16.2. The number of benzene rings is 3. The Labute approximate surface area is 164 Å². The summed E-state index contributed by atoms with van der Waals surface area (Å²) in [5.41, 5.74) is 6.56. The van der Waals surface area contributed by atoms with Crippen molar-refractivity contribution in [1.29, 1.82) is 0 Å². The molecule has 3 aromatic carbocycles. The average molecular weight is 368 g/mol. The van der Waals surface area contributed by atoms with Gasteiger partial charge in [-0.25, -0.2) is 0 Å². The fraction of sp³-hybridized carbons (Fsp3) is 0.280. The second-order valence-electron chi connectivity index (χ2n) is 7.96. The fourth-order valence-corrected chi connectivity index (χ4v) is 5.44. The van der Waals surface area contributed by atoms with Crippen molar-refractivity contribution in [2.75, 3.05) is 11.9 Å². The van der Waals surface area contributed by atoms with Crippen molar-refractivity contribution in [1.82, 2.24) is 4.57 Å². The molecule has 0 bridgehead atoms. The number of rotatable bonds is 2. The van der Waals surface area contributed by atoms with E-state index in [0.717, 1.165) is 19.6 Å². The quantitative estimate of drug-likeness (QED) is 0.465. The van der Waals surface area contributed by atoms with Crippen LogP contribution in [0.3, 0.4) is 0 Å². The second-order valence-corrected chi connectivity index (χ2v) is 7.96. The molecule has 1 fully saturated rings. The predicted molar refractivity (Wildman–Crippen MR) is 115 cm³/mol. The summed E-state index contributed by atoms with van der Waals surface area (Å²) in [4.78, 5) is 0. The van der Waals surface area contributed by atoms with Crippen LogP contribution >= 0.6 is 0 Å². The normalized spacial score (nSPS) is 23.5. The van der Waals surface area contributed by atoms with Crippen LogP contribution in [0.15, 0.2) is 66.7 Å². The van der Waals surface area contributed by atoms with E-state index in [1.54, 1.807) is 0 Å². The Morgan fingerprint density at radius 3 is 2.64 bits per heavy atom. The molecule has 2 aliphatic heterocycles. The Bertz CT molecular complexity index is 1180. The van der Waals surface area contributed by atoms with E-state index in [9.17, 15) is 0 Å². The molecule has 140 valence electrons. The first-order valence-electron chi connectivity index (χ1n) is 10.3. The van der Waals surface area contributed by atoms with E-state index < -0.39 is 0 Å². The van der Waals surface area contributed by atoms with Gasteiger partial charge in [0, 0.05) is 52.1 Å². The zero-order valence-electron chi connectivity index (χ0n) is 16.1. The molecule has 0 saturated carbocycles. The van der Waals surface area contributed by atoms with Gasteiger partial charge in [-0.15, -0.1) is 0 Å². The third-order valence-corrected chi connectivity index (χ3v) is 6.61. The topological polar surface area (TPSA) is 26.2 Å². The minimum atomic E-state index is 0.154. The molecule has 1 N–H and O–H groups in total. The monoisotopic (exact) mass is 368 g/mol. The highest BCUT2D eigenvalue weighted by Gasteiger charge is 2.42. The highest BCUT2D eigenvalue weighted by molar-refractivity contribution is 6.11. The van der Waals surface area contributed by atoms with Crippen molar-refractivity contribution < 1.29 is 4.74 Å². The Kier molecular flexibility index (Phi) is 3.54. The molecule has 0 unspecified atom stereocenters. The summed E-state index contributed by atoms with van der Waals surface area (Å²) in [6, 6.07) is 24.5. The van der Waals surface area contributed by atoms with Crippen molar-refractivity contribution >= 4 is 27.5 Å². The summed E-state index contributed by atoms with van der Waals surface area (Å²) < 4.78 is 8.81. The summed E-state index contributed by atoms with van der Waals surface area (Å²) in [5.74, 6) is 0.462. The summed E-state index contributed by atoms with van der Waals surface area (Å²) in [6.07, 6.45) is 1.25. The zero-order valence-corrected chi connectivity index (χ0v) is 16.1. The van der Waals surface area contributed by atoms with Gasteiger partial charge in [-0.05, 0) is 37.1 Å². The molecule has 1 saturated heterocycles. The number of hydrogen-bond donors (Lipinski definition) is 1. The first-order valence-corrected chi connectivity index (χ1v) is 10.3. The fourth-order valence-electron chi connectivity index (χ4n) is 5.44. The van der Waals surface area contributed by atoms with Gasteiger partial charge in [0.2, 0.25) is 0 Å². The number of ether oxygens (including phenoxy) is 1. The van der Waals surface area contributed by atoms with Gasteiger partial charge in [-0.1, -0.05) is 48.5 Å². The van der Waals surface area contributed by atoms with E-state index in [1.165, 1.54) is 38.6 Å². The lowest BCUT2D eigenvalue weighted by molar-refractivity contribution is 0.0842. The number of aryl methyl sites for hydroxylation is 1. The van der Waals surface area contributed by atoms with Crippen LogP contribution in [0, 0.1) is 5.92 Å². The molecule has 4 aromatic rings. The Hall–Kier alpha value is -2.78. The maximum atomic E-state index is 6.39. The van der Waals surface area contributed by atoms with Crippen molar-refractivity contribution in [2.24, 2.45) is 5.92 Å². The van der Waals surface area contributed by atoms with Crippen LogP contribution in [0.1, 0.15) is 36.6 Å². The minimum Gasteiger partial charge on any atom is -0.378 e. The molecule has 3 heteroatoms. The Morgan fingerprint density at radius 1 is 0.964 bits per heavy atom. The third-order valence-electron chi connectivity index (χ3n) is 6.61. The van der Waals surface area contributed by atoms with Gasteiger partial charge >= 0.3 is 0 Å². The van der Waals surface area contributed by atoms with E-state index in [-0.39, 0.29) is 6.10 Å². The van der Waals surface area contributed by atoms with E-state index in [0.29, 0.717) is 12.0 Å². The van der Waals surface area contributed by atoms with Crippen molar-refractivity contribution in [3.63, 3.8) is 0 Å². The van der Waals surface area contributed by atoms with Crippen molar-refractivity contribution in [3.05, 3.63) is 77.9 Å². The van der Waals surface area contributed by atoms with Crippen molar-refractivity contribution in [2.45, 2.75) is 32.0 Å². The molecule has 3 nitrogen and oxygen atoms in total. The summed E-state index contributed by atoms with van der Waals surface area (Å²) in [6.45, 7) is 4.03. The number of aromatic nitrogens is 1. The molecular formula is C25H24N2O. The standard InChI is InChI=1S/C25H24N2O/c1-2-27-20-11-7-6-10-17(20)22-21(27)13-12-19-23(22)25-18(14-15-28-25)24(26-19)16-8-4-3-5-9-16/h3-13,18,24-26H,2,14-15H2,1H3/t18-,24+,25-/m1/s1. The molecular weight excluding hydrogens is 344 g/mol. The molecule has 0 spiro atoms. The minimum absolute atomic E-state index is 0.154. The van der Waals surface area contributed by atoms with Gasteiger partial charge < -0.3 is 14.6 Å². The molecule has 3 atom stereocenters. The number of fused-ring (bicyclic) bond motifs is 7. The molecule has 2 aliphatic rings. The number of nitrogens with zero attached hydrogens (tertiary/aromatic N) is 1. The van der Waals surface area contributed by atoms with E-state index in [1.807, 2.05) is 0 Å². The number of para-hydroxylation sites is 1. The van der Waals surface area contributed by atoms with Crippen LogP contribution in [0.25, 0.3) is 21.8 Å². The van der Waals surface area contributed by atoms with Gasteiger partial charge in [0.15, 0.2) is 0 Å². The van der Waals surface area contributed by atoms with Crippen LogP contribution < -0.4 is 5.32 Å². The Morgan fingerprint density at radius 2 is 1.79 bits per heavy atom. The maximum absolute atomic E-state index is 6.39. The number of anilines is 1. The van der Waals surface area contributed by atoms with Crippen LogP contribution in [-0.2, 0) is 11.3 Å². The average Bonchev–Trinajstić information content (AvgIpc) is 3.36. The Balaban J connectivity index is 1.63. The highest BCUT2D eigenvalue weighted by Crippen LogP contribution is 2.53. The van der Waals surface area contributed by atoms with Crippen LogP contribution in [0.4, 0.5) is 5.69 Å². The molecule has 3 heterocycles. The zero-order chi connectivity index (χ0) is 18.7. The lowest BCUT2D eigenvalue weighted by Gasteiger charge is -2.37. The summed E-state index contributed by atoms with van der Waals surface area (Å²) >= 11 is 0. The lowest BCUT2D eigenvalue weighted by Crippen LogP contribution is -2.29. The second kappa shape index (κ2) is 6.11. The highest BCUT2D eigenvalue weighted by atomic mass is 16.5. The van der Waals surface area contributed by atoms with Crippen molar-refractivity contribution in [3.8, 4) is 0 Å². The van der Waals surface area contributed by atoms with Gasteiger partial charge in [-0.3, -0.25) is 0 Å². The van der Waals surface area contributed by atoms with Gasteiger partial charge in [0.05, 0.1) is 12.1 Å². The van der Waals surface area contributed by atoms with E-state index in [2.05, 4.69) is 83.5 Å². The molecule has 0 amide bonds. The number of nitrogens with one attached hydrogen (secondary N) is 1. The molecule has 6 rings (SSSR count). The molecule has 0 radical (unpaired) electrons. The largest absolute Gasteiger partial charge is 0.378 e. The van der Waals surface area contributed by atoms with Crippen LogP contribution in [0.2, 0.25) is 0 Å². The number of hydrogen-bond acceptors (Lipinski definition) is 2. The lowest BCUT2D eigenvalue weighted by atomic mass is 9.80. The third kappa shape index (κ3) is 2.14. The molecule has 28 heavy (non-hydrogen) atoms. The summed E-state index contributed by atoms with van der Waals surface area (Å²) in [5, 5.41) is 6.58. The maximum Gasteiger partial charge on any atom is 0.0903 e. The predicted octanol–water partition coefficient (Wildman–Crippen LogP) is 6.06. The van der Waals surface area contributed by atoms with E-state index in [4.69, 9.17) is 4.74 Å². The molecule has 1 aromatic heterocycles. The smallest absolute Gasteiger partial charge is 0.0903 e. The van der Waals surface area contributed by atoms with Crippen LogP contribution in [-0.4, -0.2) is 11.2 Å². The van der Waals surface area contributed by atoms with E-state index >= 15 is 0 Å². The molecule has 0 aliphatic carbocycles. The SMILES string of the molecule is CCn1c2ccccc2c2c3c(ccc21)N[C@@H](c1ccccc1)[C@H]1CCO[C@@H]31. The van der Waals surface area contributed by atoms with Gasteiger partial charge in [-0.2, -0.15) is 0 Å². The van der Waals surface area contributed by atoms with Gasteiger partial charge in [0.1, 0.15) is 0 Å².